The molecule has 4 nitrogen and oxygen atoms in total. The van der Waals surface area contributed by atoms with Gasteiger partial charge in [0.2, 0.25) is 5.82 Å². The molecule has 8 rings (SSSR count). The fourth-order valence-corrected chi connectivity index (χ4v) is 8.08. The number of H-pyrrole nitrogens is 3. The highest BCUT2D eigenvalue weighted by Gasteiger charge is 2.66. The first kappa shape index (κ1) is 40.7. The molecule has 5 heterocycles. The number of hydrogen-bond donors (Lipinski definition) is 3. The van der Waals surface area contributed by atoms with E-state index in [1.165, 1.54) is 12.1 Å². The molecule has 0 aliphatic carbocycles. The van der Waals surface area contributed by atoms with E-state index in [9.17, 15) is 60.8 Å². The van der Waals surface area contributed by atoms with Gasteiger partial charge in [-0.15, -0.1) is 0 Å². The molecule has 3 N–H and O–H groups in total. The number of hydrogen-bond acceptors (Lipinski definition) is 1. The first-order valence-electron chi connectivity index (χ1n) is 16.3. The van der Waals surface area contributed by atoms with Crippen LogP contribution < -0.4 is 0 Å². The van der Waals surface area contributed by atoms with Crippen LogP contribution in [0.2, 0.25) is 0 Å². The van der Waals surface area contributed by atoms with Gasteiger partial charge in [-0.3, -0.25) is 0 Å². The third-order valence-electron chi connectivity index (χ3n) is 9.25. The molecule has 0 saturated carbocycles. The smallest absolute Gasteiger partial charge is 0.310 e. The number of benzene rings is 3. The Morgan fingerprint density at radius 3 is 1.15 bits per heavy atom. The summed E-state index contributed by atoms with van der Waals surface area (Å²) in [7, 11) is -21.2. The van der Waals surface area contributed by atoms with Gasteiger partial charge in [0.05, 0.1) is 22.5 Å². The molecule has 1 aliphatic rings. The minimum Gasteiger partial charge on any atom is -0.354 e. The maximum atomic E-state index is 15.7. The largest absolute Gasteiger partial charge is 0.354 e. The summed E-state index contributed by atoms with van der Waals surface area (Å²) in [6, 6.07) is 5.72. The average Bonchev–Trinajstić information content (AvgIpc) is 3.95. The van der Waals surface area contributed by atoms with E-state index < -0.39 is 144 Å². The number of fused-ring (bicyclic) bond motifs is 9. The lowest BCUT2D eigenvalue weighted by atomic mass is 10.0. The Kier molecular flexibility index (Phi) is 7.85. The summed E-state index contributed by atoms with van der Waals surface area (Å²) in [6.45, 7) is 0. The van der Waals surface area contributed by atoms with Crippen molar-refractivity contribution in [3.8, 4) is 33.4 Å². The topological polar surface area (TPSA) is 60.3 Å². The standard InChI is InChI=1S/C37H17F17N4S2/c38-17-9-15(11-19(13-17)59(45,46,47,48)49)29-23-3-1-21(55-23)22-2-4-24(56-22)30(16-10-18(39)14-20(12-16)60(50,51,52,53)54)26-6-8-28(58-26)31(27-7-5-25(29)57-27)32-33(40)35(42)37(44)36(43)34(32)41/h1-14,55,57-58H. The second-order valence-corrected chi connectivity index (χ2v) is 18.3. The first-order valence-corrected chi connectivity index (χ1v) is 20.2. The van der Waals surface area contributed by atoms with Crippen molar-refractivity contribution < 1.29 is 69.6 Å². The maximum Gasteiger partial charge on any atom is 0.310 e. The van der Waals surface area contributed by atoms with Crippen molar-refractivity contribution in [2.45, 2.75) is 9.79 Å². The Morgan fingerprint density at radius 2 is 0.700 bits per heavy atom. The lowest BCUT2D eigenvalue weighted by Gasteiger charge is -2.40. The van der Waals surface area contributed by atoms with E-state index in [0.29, 0.717) is 12.1 Å². The van der Waals surface area contributed by atoms with Crippen molar-refractivity contribution in [2.24, 2.45) is 0 Å². The number of nitrogens with zero attached hydrogens (tertiary/aromatic N) is 1. The van der Waals surface area contributed by atoms with Crippen molar-refractivity contribution in [1.29, 1.82) is 0 Å². The first-order chi connectivity index (χ1) is 27.4. The highest BCUT2D eigenvalue weighted by atomic mass is 32.5. The monoisotopic (exact) mass is 904 g/mol. The molecule has 0 radical (unpaired) electrons. The number of nitrogens with one attached hydrogen (secondary N) is 3. The van der Waals surface area contributed by atoms with Crippen LogP contribution in [0.25, 0.3) is 78.6 Å². The molecule has 0 unspecified atom stereocenters. The van der Waals surface area contributed by atoms with Gasteiger partial charge in [-0.1, -0.05) is 38.9 Å². The predicted octanol–water partition coefficient (Wildman–Crippen LogP) is 16.0. The van der Waals surface area contributed by atoms with E-state index in [0.717, 1.165) is 36.4 Å². The number of halogens is 17. The molecule has 316 valence electrons. The van der Waals surface area contributed by atoms with Crippen LogP contribution in [0, 0.1) is 40.7 Å². The zero-order chi connectivity index (χ0) is 43.8. The zero-order valence-electron chi connectivity index (χ0n) is 28.8. The van der Waals surface area contributed by atoms with Crippen LogP contribution in [-0.4, -0.2) is 19.9 Å². The van der Waals surface area contributed by atoms with E-state index in [1.807, 2.05) is 0 Å². The third kappa shape index (κ3) is 7.07. The normalized spacial score (nSPS) is 15.2. The SMILES string of the molecule is Fc1cc(-c2c3nc(c4ccc([nH]4)c(-c4cc(F)cc(S(F)(F)(F)(F)F)c4)c4ccc([nH]4)c(-c4c(F)c(F)c(F)c(F)c4F)c4ccc2[nH]4)C=C3)cc(S(F)(F)(F)(F)F)c1. The predicted molar refractivity (Wildman–Crippen MR) is 194 cm³/mol. The van der Waals surface area contributed by atoms with E-state index in [-0.39, 0.29) is 28.9 Å². The molecule has 23 heteroatoms. The summed E-state index contributed by atoms with van der Waals surface area (Å²) in [5, 5.41) is 0. The summed E-state index contributed by atoms with van der Waals surface area (Å²) in [5.74, 6) is -16.1. The quantitative estimate of drug-likeness (QED) is 0.0899. The van der Waals surface area contributed by atoms with Gasteiger partial charge in [0.15, 0.2) is 23.3 Å². The lowest BCUT2D eigenvalue weighted by Crippen LogP contribution is -2.07. The fourth-order valence-electron chi connectivity index (χ4n) is 6.71. The van der Waals surface area contributed by atoms with Crippen molar-refractivity contribution in [3.05, 3.63) is 125 Å². The van der Waals surface area contributed by atoms with E-state index in [1.54, 1.807) is 0 Å². The molecule has 0 saturated heterocycles. The van der Waals surface area contributed by atoms with Crippen LogP contribution in [0.3, 0.4) is 0 Å². The van der Waals surface area contributed by atoms with E-state index in [4.69, 9.17) is 0 Å². The molecule has 8 bridgehead atoms. The number of aromatic amines is 3. The van der Waals surface area contributed by atoms with Crippen molar-refractivity contribution in [2.75, 3.05) is 0 Å². The lowest BCUT2D eigenvalue weighted by molar-refractivity contribution is 0.359. The molecular weight excluding hydrogens is 888 g/mol. The molecular formula is C37H17F17N4S2. The molecule has 0 amide bonds. The van der Waals surface area contributed by atoms with Crippen molar-refractivity contribution in [1.82, 2.24) is 19.9 Å². The summed E-state index contributed by atoms with van der Waals surface area (Å²) in [4.78, 5) is 6.68. The molecule has 0 spiro atoms. The van der Waals surface area contributed by atoms with Gasteiger partial charge in [-0.2, -0.15) is 0 Å². The van der Waals surface area contributed by atoms with Gasteiger partial charge in [0.1, 0.15) is 21.4 Å². The number of aromatic nitrogens is 4. The van der Waals surface area contributed by atoms with Gasteiger partial charge in [0.25, 0.3) is 0 Å². The summed E-state index contributed by atoms with van der Waals surface area (Å²) in [6.07, 6.45) is 2.27. The van der Waals surface area contributed by atoms with Crippen LogP contribution in [0.15, 0.2) is 82.6 Å². The molecule has 1 aliphatic heterocycles. The Hall–Kier alpha value is -6.10. The molecule has 7 aromatic rings. The Bertz CT molecular complexity index is 3180. The summed E-state index contributed by atoms with van der Waals surface area (Å²) < 4.78 is 245. The molecule has 0 fully saturated rings. The van der Waals surface area contributed by atoms with Gasteiger partial charge < -0.3 is 15.0 Å². The van der Waals surface area contributed by atoms with Crippen LogP contribution in [0.5, 0.6) is 0 Å². The van der Waals surface area contributed by atoms with E-state index >= 15 is 8.78 Å². The Labute approximate surface area is 322 Å². The van der Waals surface area contributed by atoms with E-state index in [2.05, 4.69) is 19.9 Å². The minimum atomic E-state index is -10.6. The van der Waals surface area contributed by atoms with Gasteiger partial charge >= 0.3 is 20.4 Å². The van der Waals surface area contributed by atoms with Crippen LogP contribution in [0.1, 0.15) is 11.4 Å². The molecule has 0 atom stereocenters. The van der Waals surface area contributed by atoms with Gasteiger partial charge in [-0.25, -0.2) is 35.7 Å². The van der Waals surface area contributed by atoms with Crippen LogP contribution >= 0.6 is 20.4 Å². The number of rotatable bonds is 5. The zero-order valence-corrected chi connectivity index (χ0v) is 30.4. The Morgan fingerprint density at radius 1 is 0.350 bits per heavy atom. The fraction of sp³-hybridized carbons (Fsp3) is 0. The Balaban J connectivity index is 1.59. The minimum absolute atomic E-state index is 0.0631. The highest BCUT2D eigenvalue weighted by molar-refractivity contribution is 8.46. The second kappa shape index (κ2) is 11.6. The van der Waals surface area contributed by atoms with Crippen molar-refractivity contribution in [3.63, 3.8) is 0 Å². The summed E-state index contributed by atoms with van der Waals surface area (Å²) in [5.41, 5.74) is -8.64. The highest BCUT2D eigenvalue weighted by Crippen LogP contribution is 3.03. The molecule has 3 aromatic carbocycles. The summed E-state index contributed by atoms with van der Waals surface area (Å²) >= 11 is 0. The molecule has 60 heavy (non-hydrogen) atoms. The third-order valence-corrected chi connectivity index (χ3v) is 11.5. The van der Waals surface area contributed by atoms with Crippen LogP contribution in [-0.2, 0) is 0 Å². The van der Waals surface area contributed by atoms with Gasteiger partial charge in [-0.05, 0) is 96.1 Å². The van der Waals surface area contributed by atoms with Crippen molar-refractivity contribution >= 4 is 65.7 Å². The average molecular weight is 905 g/mol. The molecule has 4 aromatic heterocycles. The van der Waals surface area contributed by atoms with Gasteiger partial charge in [0, 0.05) is 44.3 Å². The second-order valence-electron chi connectivity index (χ2n) is 13.4. The maximum absolute atomic E-state index is 15.7. The van der Waals surface area contributed by atoms with Crippen LogP contribution in [0.4, 0.5) is 69.6 Å².